The summed E-state index contributed by atoms with van der Waals surface area (Å²) in [6.07, 6.45) is 0.0800. The highest BCUT2D eigenvalue weighted by Gasteiger charge is 2.30. The second-order valence-electron chi connectivity index (χ2n) is 8.09. The Balaban J connectivity index is 2.91. The van der Waals surface area contributed by atoms with Gasteiger partial charge in [-0.3, -0.25) is 19.2 Å². The lowest BCUT2D eigenvalue weighted by Crippen LogP contribution is -2.56. The van der Waals surface area contributed by atoms with Crippen LogP contribution in [0.4, 0.5) is 0 Å². The predicted octanol–water partition coefficient (Wildman–Crippen LogP) is -0.866. The number of nitrogens with two attached hydrogens (primary N) is 1. The van der Waals surface area contributed by atoms with E-state index in [0.717, 1.165) is 18.2 Å². The molecule has 1 rings (SSSR count). The van der Waals surface area contributed by atoms with E-state index in [2.05, 4.69) is 16.0 Å². The summed E-state index contributed by atoms with van der Waals surface area (Å²) in [5, 5.41) is 18.1. The molecular formula is C22H34N4O7S. The van der Waals surface area contributed by atoms with Crippen molar-refractivity contribution in [2.45, 2.75) is 63.8 Å². The van der Waals surface area contributed by atoms with Crippen molar-refractivity contribution in [1.82, 2.24) is 16.0 Å². The summed E-state index contributed by atoms with van der Waals surface area (Å²) in [6, 6.07) is 6.80. The van der Waals surface area contributed by atoms with E-state index >= 15 is 0 Å². The molecule has 6 N–H and O–H groups in total. The lowest BCUT2D eigenvalue weighted by molar-refractivity contribution is -0.135. The van der Waals surface area contributed by atoms with Crippen molar-refractivity contribution in [2.24, 2.45) is 5.73 Å². The number of primary amides is 1. The van der Waals surface area contributed by atoms with E-state index in [4.69, 9.17) is 5.73 Å². The number of nitrogens with one attached hydrogen (secondary N) is 3. The average molecular weight is 499 g/mol. The number of rotatable bonds is 15. The van der Waals surface area contributed by atoms with E-state index in [1.807, 2.05) is 37.3 Å². The second-order valence-corrected chi connectivity index (χ2v) is 10.3. The standard InChI is InChI=1S/C22H34N4O7S/c1-3-4-10-16(20(29)22(31)24-14-15-8-6-5-7-9-15)26-21(30)17(11-12-34(2,32)33)25-19(28)13-18(23)27/h5-9,16-17,20,29H,3-4,10-14H2,1-2H3,(H2,23,27)(H,24,31)(H,25,28)(H,26,30)/t16-,17-,20-/m0/s1. The topological polar surface area (TPSA) is 185 Å². The number of carbonyl (C=O) groups excluding carboxylic acids is 4. The van der Waals surface area contributed by atoms with Gasteiger partial charge >= 0.3 is 0 Å². The van der Waals surface area contributed by atoms with Gasteiger partial charge in [0.1, 0.15) is 22.3 Å². The second kappa shape index (κ2) is 14.3. The summed E-state index contributed by atoms with van der Waals surface area (Å²) in [5.41, 5.74) is 5.82. The predicted molar refractivity (Wildman–Crippen MR) is 126 cm³/mol. The zero-order valence-corrected chi connectivity index (χ0v) is 20.3. The van der Waals surface area contributed by atoms with Gasteiger partial charge < -0.3 is 26.8 Å². The lowest BCUT2D eigenvalue weighted by Gasteiger charge is -2.26. The van der Waals surface area contributed by atoms with E-state index in [1.54, 1.807) is 0 Å². The highest BCUT2D eigenvalue weighted by Crippen LogP contribution is 2.09. The molecule has 0 aliphatic heterocycles. The first-order valence-corrected chi connectivity index (χ1v) is 13.0. The Morgan fingerprint density at radius 1 is 1.03 bits per heavy atom. The molecule has 0 saturated heterocycles. The molecule has 4 amide bonds. The maximum atomic E-state index is 12.9. The smallest absolute Gasteiger partial charge is 0.251 e. The molecule has 0 heterocycles. The fourth-order valence-corrected chi connectivity index (χ4v) is 3.76. The first kappa shape index (κ1) is 29.0. The summed E-state index contributed by atoms with van der Waals surface area (Å²) in [6.45, 7) is 2.09. The highest BCUT2D eigenvalue weighted by atomic mass is 32.2. The van der Waals surface area contributed by atoms with E-state index in [9.17, 15) is 32.7 Å². The van der Waals surface area contributed by atoms with Crippen molar-refractivity contribution in [3.05, 3.63) is 35.9 Å². The minimum Gasteiger partial charge on any atom is -0.381 e. The van der Waals surface area contributed by atoms with Crippen LogP contribution in [-0.2, 0) is 35.6 Å². The number of aliphatic hydroxyl groups excluding tert-OH is 1. The van der Waals surface area contributed by atoms with Gasteiger partial charge in [0, 0.05) is 12.8 Å². The number of aliphatic hydroxyl groups is 1. The third kappa shape index (κ3) is 11.8. The van der Waals surface area contributed by atoms with Crippen LogP contribution >= 0.6 is 0 Å². The normalized spacial score (nSPS) is 13.9. The van der Waals surface area contributed by atoms with Crippen LogP contribution in [-0.4, -0.2) is 67.3 Å². The molecule has 0 bridgehead atoms. The zero-order valence-electron chi connectivity index (χ0n) is 19.5. The number of carbonyl (C=O) groups is 4. The lowest BCUT2D eigenvalue weighted by atomic mass is 10.0. The Morgan fingerprint density at radius 2 is 1.68 bits per heavy atom. The molecule has 34 heavy (non-hydrogen) atoms. The monoisotopic (exact) mass is 498 g/mol. The quantitative estimate of drug-likeness (QED) is 0.195. The Kier molecular flexibility index (Phi) is 12.2. The third-order valence-electron chi connectivity index (χ3n) is 4.92. The number of amides is 4. The Morgan fingerprint density at radius 3 is 2.24 bits per heavy atom. The van der Waals surface area contributed by atoms with Gasteiger partial charge in [-0.1, -0.05) is 50.1 Å². The van der Waals surface area contributed by atoms with Crippen LogP contribution in [0.15, 0.2) is 30.3 Å². The largest absolute Gasteiger partial charge is 0.381 e. The fourth-order valence-electron chi connectivity index (χ4n) is 3.09. The number of unbranched alkanes of at least 4 members (excludes halogenated alkanes) is 1. The molecule has 0 fully saturated rings. The minimum absolute atomic E-state index is 0.186. The number of benzene rings is 1. The zero-order chi connectivity index (χ0) is 25.7. The van der Waals surface area contributed by atoms with Crippen LogP contribution in [0.5, 0.6) is 0 Å². The van der Waals surface area contributed by atoms with Crippen LogP contribution < -0.4 is 21.7 Å². The highest BCUT2D eigenvalue weighted by molar-refractivity contribution is 7.90. The molecule has 0 aromatic heterocycles. The van der Waals surface area contributed by atoms with E-state index in [-0.39, 0.29) is 19.4 Å². The number of hydrogen-bond donors (Lipinski definition) is 5. The first-order valence-electron chi connectivity index (χ1n) is 11.0. The molecule has 0 aliphatic rings. The Bertz CT molecular complexity index is 938. The van der Waals surface area contributed by atoms with E-state index in [1.165, 1.54) is 0 Å². The molecule has 3 atom stereocenters. The number of sulfone groups is 1. The van der Waals surface area contributed by atoms with Gasteiger partial charge in [-0.15, -0.1) is 0 Å². The van der Waals surface area contributed by atoms with Gasteiger partial charge in [-0.2, -0.15) is 0 Å². The van der Waals surface area contributed by atoms with Crippen molar-refractivity contribution in [2.75, 3.05) is 12.0 Å². The van der Waals surface area contributed by atoms with Crippen molar-refractivity contribution in [3.8, 4) is 0 Å². The van der Waals surface area contributed by atoms with Gasteiger partial charge in [0.2, 0.25) is 17.7 Å². The van der Waals surface area contributed by atoms with Crippen LogP contribution in [0, 0.1) is 0 Å². The molecule has 0 spiro atoms. The molecule has 190 valence electrons. The molecule has 11 nitrogen and oxygen atoms in total. The summed E-state index contributed by atoms with van der Waals surface area (Å²) in [7, 11) is -3.45. The molecule has 1 aromatic rings. The minimum atomic E-state index is -3.45. The van der Waals surface area contributed by atoms with Gasteiger partial charge in [0.05, 0.1) is 11.8 Å². The fraction of sp³-hybridized carbons (Fsp3) is 0.545. The van der Waals surface area contributed by atoms with Crippen molar-refractivity contribution >= 4 is 33.5 Å². The molecule has 1 aromatic carbocycles. The van der Waals surface area contributed by atoms with Gasteiger partial charge in [-0.25, -0.2) is 8.42 Å². The average Bonchev–Trinajstić information content (AvgIpc) is 2.76. The van der Waals surface area contributed by atoms with Crippen molar-refractivity contribution in [1.29, 1.82) is 0 Å². The van der Waals surface area contributed by atoms with Crippen LogP contribution in [0.1, 0.15) is 44.6 Å². The van der Waals surface area contributed by atoms with Gasteiger partial charge in [0.15, 0.2) is 6.10 Å². The molecular weight excluding hydrogens is 464 g/mol. The SMILES string of the molecule is CCCC[C@H](NC(=O)[C@H](CCS(C)(=O)=O)NC(=O)CC(N)=O)[C@H](O)C(=O)NCc1ccccc1. The third-order valence-corrected chi connectivity index (χ3v) is 5.90. The Hall–Kier alpha value is -2.99. The Labute approximate surface area is 199 Å². The molecule has 0 unspecified atom stereocenters. The maximum absolute atomic E-state index is 12.9. The maximum Gasteiger partial charge on any atom is 0.251 e. The van der Waals surface area contributed by atoms with Crippen molar-refractivity contribution in [3.63, 3.8) is 0 Å². The molecule has 12 heteroatoms. The summed E-state index contributed by atoms with van der Waals surface area (Å²) < 4.78 is 23.1. The van der Waals surface area contributed by atoms with E-state index in [0.29, 0.717) is 6.42 Å². The van der Waals surface area contributed by atoms with Crippen LogP contribution in [0.25, 0.3) is 0 Å². The first-order chi connectivity index (χ1) is 15.9. The summed E-state index contributed by atoms with van der Waals surface area (Å²) >= 11 is 0. The molecule has 0 radical (unpaired) electrons. The van der Waals surface area contributed by atoms with Gasteiger partial charge in [-0.05, 0) is 18.4 Å². The van der Waals surface area contributed by atoms with E-state index < -0.39 is 63.8 Å². The summed E-state index contributed by atoms with van der Waals surface area (Å²) in [4.78, 5) is 48.3. The van der Waals surface area contributed by atoms with Crippen LogP contribution in [0.3, 0.4) is 0 Å². The summed E-state index contributed by atoms with van der Waals surface area (Å²) in [5.74, 6) is -3.62. The van der Waals surface area contributed by atoms with Crippen LogP contribution in [0.2, 0.25) is 0 Å². The van der Waals surface area contributed by atoms with Crippen molar-refractivity contribution < 1.29 is 32.7 Å². The number of hydrogen-bond acceptors (Lipinski definition) is 7. The van der Waals surface area contributed by atoms with Gasteiger partial charge in [0.25, 0.3) is 5.91 Å². The molecule has 0 aliphatic carbocycles. The molecule has 0 saturated carbocycles.